The van der Waals surface area contributed by atoms with Gasteiger partial charge in [-0.2, -0.15) is 10.1 Å². The number of hydrogen-bond acceptors (Lipinski definition) is 6. The Morgan fingerprint density at radius 3 is 2.59 bits per heavy atom. The lowest BCUT2D eigenvalue weighted by atomic mass is 9.78. The molecule has 3 heterocycles. The molecule has 1 aliphatic carbocycles. The summed E-state index contributed by atoms with van der Waals surface area (Å²) >= 11 is 6.06. The molecule has 0 saturated heterocycles. The third-order valence-electron chi connectivity index (χ3n) is 6.25. The van der Waals surface area contributed by atoms with Crippen molar-refractivity contribution in [2.24, 2.45) is 0 Å². The van der Waals surface area contributed by atoms with E-state index in [1.165, 1.54) is 0 Å². The smallest absolute Gasteiger partial charge is 0.226 e. The summed E-state index contributed by atoms with van der Waals surface area (Å²) in [5.74, 6) is 2.90. The van der Waals surface area contributed by atoms with E-state index in [1.807, 2.05) is 49.4 Å². The van der Waals surface area contributed by atoms with Gasteiger partial charge in [0.1, 0.15) is 25.1 Å². The monoisotopic (exact) mass is 448 g/mol. The molecule has 6 rings (SSSR count). The first-order valence-electron chi connectivity index (χ1n) is 10.7. The second kappa shape index (κ2) is 7.38. The number of ketones is 1. The molecule has 162 valence electrons. The van der Waals surface area contributed by atoms with Crippen LogP contribution in [0.5, 0.6) is 11.5 Å². The molecular formula is C24H21ClN4O3. The molecule has 8 heteroatoms. The zero-order chi connectivity index (χ0) is 21.8. The van der Waals surface area contributed by atoms with Crippen molar-refractivity contribution in [3.63, 3.8) is 0 Å². The Balaban J connectivity index is 1.45. The lowest BCUT2D eigenvalue weighted by molar-refractivity contribution is -0.116. The van der Waals surface area contributed by atoms with Gasteiger partial charge in [0.25, 0.3) is 0 Å². The highest BCUT2D eigenvalue weighted by atomic mass is 35.5. The van der Waals surface area contributed by atoms with Gasteiger partial charge < -0.3 is 14.8 Å². The first-order chi connectivity index (χ1) is 15.6. The number of nitrogens with zero attached hydrogens (tertiary/aromatic N) is 3. The third-order valence-corrected chi connectivity index (χ3v) is 6.50. The highest BCUT2D eigenvalue weighted by Crippen LogP contribution is 2.45. The second-order valence-electron chi connectivity index (χ2n) is 8.33. The van der Waals surface area contributed by atoms with Crippen molar-refractivity contribution in [2.45, 2.75) is 31.7 Å². The summed E-state index contributed by atoms with van der Waals surface area (Å²) in [7, 11) is 0. The highest BCUT2D eigenvalue weighted by Gasteiger charge is 2.40. The van der Waals surface area contributed by atoms with Crippen LogP contribution in [-0.2, 0) is 4.79 Å². The van der Waals surface area contributed by atoms with Crippen LogP contribution in [0, 0.1) is 6.92 Å². The van der Waals surface area contributed by atoms with E-state index in [4.69, 9.17) is 21.1 Å². The van der Waals surface area contributed by atoms with Crippen LogP contribution >= 0.6 is 11.6 Å². The molecule has 2 aromatic carbocycles. The minimum atomic E-state index is -0.364. The second-order valence-corrected chi connectivity index (χ2v) is 8.77. The molecule has 0 amide bonds. The Hall–Kier alpha value is -3.32. The summed E-state index contributed by atoms with van der Waals surface area (Å²) in [6.07, 6.45) is 1.15. The lowest BCUT2D eigenvalue weighted by Crippen LogP contribution is -2.33. The molecule has 1 N–H and O–H groups in total. The number of fused-ring (bicyclic) bond motifs is 2. The van der Waals surface area contributed by atoms with E-state index < -0.39 is 0 Å². The van der Waals surface area contributed by atoms with Crippen molar-refractivity contribution >= 4 is 23.3 Å². The van der Waals surface area contributed by atoms with Gasteiger partial charge in [-0.15, -0.1) is 0 Å². The lowest BCUT2D eigenvalue weighted by Gasteiger charge is -2.35. The van der Waals surface area contributed by atoms with Gasteiger partial charge in [-0.1, -0.05) is 29.8 Å². The van der Waals surface area contributed by atoms with Crippen molar-refractivity contribution in [3.8, 4) is 11.5 Å². The first-order valence-corrected chi connectivity index (χ1v) is 11.1. The summed E-state index contributed by atoms with van der Waals surface area (Å²) in [4.78, 5) is 18.1. The summed E-state index contributed by atoms with van der Waals surface area (Å²) in [5, 5.41) is 8.68. The molecule has 0 fully saturated rings. The maximum absolute atomic E-state index is 13.5. The number of carbonyl (C=O) groups is 1. The number of anilines is 1. The van der Waals surface area contributed by atoms with Gasteiger partial charge >= 0.3 is 0 Å². The van der Waals surface area contributed by atoms with Gasteiger partial charge in [0.15, 0.2) is 17.3 Å². The number of allylic oxidation sites excluding steroid dienone is 2. The van der Waals surface area contributed by atoms with Crippen LogP contribution in [0.3, 0.4) is 0 Å². The van der Waals surface area contributed by atoms with Crippen LogP contribution in [0.2, 0.25) is 5.02 Å². The Morgan fingerprint density at radius 2 is 1.78 bits per heavy atom. The van der Waals surface area contributed by atoms with Gasteiger partial charge in [0.2, 0.25) is 5.95 Å². The van der Waals surface area contributed by atoms with Gasteiger partial charge in [-0.05, 0) is 54.7 Å². The zero-order valence-electron chi connectivity index (χ0n) is 17.5. The molecule has 2 aliphatic heterocycles. The summed E-state index contributed by atoms with van der Waals surface area (Å²) < 4.78 is 13.3. The zero-order valence-corrected chi connectivity index (χ0v) is 18.2. The number of Topliss-reactive ketones (excluding diaryl/α,β-unsaturated/α-hetero) is 1. The van der Waals surface area contributed by atoms with E-state index in [0.29, 0.717) is 42.2 Å². The first kappa shape index (κ1) is 19.4. The predicted molar refractivity (Wildman–Crippen MR) is 119 cm³/mol. The molecule has 7 nitrogen and oxygen atoms in total. The van der Waals surface area contributed by atoms with E-state index >= 15 is 0 Å². The minimum absolute atomic E-state index is 0.0856. The summed E-state index contributed by atoms with van der Waals surface area (Å²) in [6.45, 7) is 2.89. The van der Waals surface area contributed by atoms with E-state index in [9.17, 15) is 4.79 Å². The minimum Gasteiger partial charge on any atom is -0.486 e. The van der Waals surface area contributed by atoms with Crippen molar-refractivity contribution in [1.29, 1.82) is 0 Å². The van der Waals surface area contributed by atoms with Crippen molar-refractivity contribution in [1.82, 2.24) is 14.8 Å². The average Bonchev–Trinajstić information content (AvgIpc) is 3.17. The molecule has 0 radical (unpaired) electrons. The Morgan fingerprint density at radius 1 is 1.03 bits per heavy atom. The number of carbonyl (C=O) groups excluding carboxylic acids is 1. The van der Waals surface area contributed by atoms with Gasteiger partial charge in [0, 0.05) is 22.7 Å². The highest BCUT2D eigenvalue weighted by molar-refractivity contribution is 6.30. The van der Waals surface area contributed by atoms with Crippen LogP contribution < -0.4 is 14.8 Å². The fourth-order valence-electron chi connectivity index (χ4n) is 4.83. The molecule has 3 aliphatic rings. The average molecular weight is 449 g/mol. The van der Waals surface area contributed by atoms with Crippen molar-refractivity contribution < 1.29 is 14.3 Å². The SMILES string of the molecule is Cc1nc2n(n1)C(c1ccc3c(c1)OCCO3)C1=C(CC(c3ccc(Cl)cc3)CC1=O)N2. The number of aryl methyl sites for hydroxylation is 1. The molecule has 0 saturated carbocycles. The standard InChI is InChI=1S/C24H21ClN4O3/c1-13-26-24-27-18-10-16(14-2-5-17(25)6-3-14)11-19(30)22(18)23(29(24)28-13)15-4-7-20-21(12-15)32-9-8-31-20/h2-7,12,16,23H,8-11H2,1H3,(H,26,27,28). The summed E-state index contributed by atoms with van der Waals surface area (Å²) in [5.41, 5.74) is 3.67. The Bertz CT molecular complexity index is 1260. The number of ether oxygens (including phenoxy) is 2. The third kappa shape index (κ3) is 3.15. The fraction of sp³-hybridized carbons (Fsp3) is 0.292. The molecule has 0 spiro atoms. The molecule has 2 atom stereocenters. The Kier molecular flexibility index (Phi) is 4.47. The maximum Gasteiger partial charge on any atom is 0.226 e. The van der Waals surface area contributed by atoms with Gasteiger partial charge in [-0.25, -0.2) is 4.68 Å². The van der Waals surface area contributed by atoms with Gasteiger partial charge in [0.05, 0.1) is 0 Å². The molecular weight excluding hydrogens is 428 g/mol. The number of rotatable bonds is 2. The number of nitrogens with one attached hydrogen (secondary N) is 1. The van der Waals surface area contributed by atoms with E-state index in [2.05, 4.69) is 15.4 Å². The largest absolute Gasteiger partial charge is 0.486 e. The van der Waals surface area contributed by atoms with Crippen LogP contribution in [0.15, 0.2) is 53.7 Å². The molecule has 3 aromatic rings. The predicted octanol–water partition coefficient (Wildman–Crippen LogP) is 4.43. The maximum atomic E-state index is 13.5. The van der Waals surface area contributed by atoms with E-state index in [0.717, 1.165) is 34.6 Å². The van der Waals surface area contributed by atoms with E-state index in [1.54, 1.807) is 4.68 Å². The van der Waals surface area contributed by atoms with E-state index in [-0.39, 0.29) is 17.7 Å². The Labute approximate surface area is 190 Å². The fourth-order valence-corrected chi connectivity index (χ4v) is 4.95. The molecule has 1 aromatic heterocycles. The van der Waals surface area contributed by atoms with Crippen LogP contribution in [0.4, 0.5) is 5.95 Å². The number of halogens is 1. The van der Waals surface area contributed by atoms with Gasteiger partial charge in [-0.3, -0.25) is 4.79 Å². The van der Waals surface area contributed by atoms with Crippen LogP contribution in [-0.4, -0.2) is 33.8 Å². The topological polar surface area (TPSA) is 78.3 Å². The number of aromatic nitrogens is 3. The number of hydrogen-bond donors (Lipinski definition) is 1. The molecule has 2 unspecified atom stereocenters. The number of benzene rings is 2. The normalized spacial score (nSPS) is 21.6. The van der Waals surface area contributed by atoms with Crippen LogP contribution in [0.25, 0.3) is 0 Å². The van der Waals surface area contributed by atoms with Crippen molar-refractivity contribution in [3.05, 3.63) is 75.7 Å². The quantitative estimate of drug-likeness (QED) is 0.625. The van der Waals surface area contributed by atoms with Crippen molar-refractivity contribution in [2.75, 3.05) is 18.5 Å². The molecule has 0 bridgehead atoms. The van der Waals surface area contributed by atoms with Crippen LogP contribution in [0.1, 0.15) is 41.8 Å². The summed E-state index contributed by atoms with van der Waals surface area (Å²) in [6, 6.07) is 13.2. The molecule has 32 heavy (non-hydrogen) atoms.